The molecule has 6 nitrogen and oxygen atoms in total. The Hall–Kier alpha value is -2.11. The number of nitrogens with two attached hydrogens (primary N) is 1. The number of aryl methyl sites for hydroxylation is 1. The topological polar surface area (TPSA) is 102 Å². The number of nitro benzene ring substituents is 1. The number of ether oxygens (including phenoxy) is 1. The van der Waals surface area contributed by atoms with Gasteiger partial charge in [0.15, 0.2) is 0 Å². The minimum atomic E-state index is -0.472. The fraction of sp³-hybridized carbons (Fsp3) is 0.364. The van der Waals surface area contributed by atoms with Gasteiger partial charge in [-0.1, -0.05) is 6.92 Å². The van der Waals surface area contributed by atoms with E-state index >= 15 is 0 Å². The maximum atomic E-state index is 10.6. The number of rotatable bonds is 5. The largest absolute Gasteiger partial charge is 0.492 e. The van der Waals surface area contributed by atoms with E-state index in [0.717, 1.165) is 5.56 Å². The third-order valence-corrected chi connectivity index (χ3v) is 2.40. The SMILES string of the molecule is Cc1ccc([N+](=O)[O-])cc1OCC(C)C(=N)N. The van der Waals surface area contributed by atoms with E-state index in [4.69, 9.17) is 15.9 Å². The van der Waals surface area contributed by atoms with Crippen molar-refractivity contribution in [3.8, 4) is 5.75 Å². The average Bonchev–Trinajstić information content (AvgIpc) is 2.26. The van der Waals surface area contributed by atoms with E-state index in [1.54, 1.807) is 19.9 Å². The van der Waals surface area contributed by atoms with Crippen LogP contribution in [0.3, 0.4) is 0 Å². The van der Waals surface area contributed by atoms with Crippen LogP contribution in [0.1, 0.15) is 12.5 Å². The van der Waals surface area contributed by atoms with Gasteiger partial charge in [-0.2, -0.15) is 0 Å². The Balaban J connectivity index is 2.79. The number of benzene rings is 1. The Morgan fingerprint density at radius 3 is 2.82 bits per heavy atom. The molecule has 0 amide bonds. The van der Waals surface area contributed by atoms with Crippen molar-refractivity contribution >= 4 is 11.5 Å². The summed E-state index contributed by atoms with van der Waals surface area (Å²) in [5.74, 6) is 0.272. The van der Waals surface area contributed by atoms with Gasteiger partial charge in [-0.25, -0.2) is 0 Å². The first-order chi connectivity index (χ1) is 7.91. The predicted octanol–water partition coefficient (Wildman–Crippen LogP) is 1.85. The summed E-state index contributed by atoms with van der Waals surface area (Å²) in [6, 6.07) is 4.44. The Kier molecular flexibility index (Phi) is 4.03. The highest BCUT2D eigenvalue weighted by molar-refractivity contribution is 5.79. The van der Waals surface area contributed by atoms with Crippen molar-refractivity contribution in [3.05, 3.63) is 33.9 Å². The van der Waals surface area contributed by atoms with Gasteiger partial charge in [-0.15, -0.1) is 0 Å². The second kappa shape index (κ2) is 5.29. The molecule has 0 heterocycles. The van der Waals surface area contributed by atoms with Crippen molar-refractivity contribution in [3.63, 3.8) is 0 Å². The van der Waals surface area contributed by atoms with Crippen LogP contribution in [-0.2, 0) is 0 Å². The first kappa shape index (κ1) is 13.0. The molecular weight excluding hydrogens is 222 g/mol. The van der Waals surface area contributed by atoms with Crippen molar-refractivity contribution in [2.24, 2.45) is 11.7 Å². The molecule has 6 heteroatoms. The number of amidine groups is 1. The molecule has 1 aromatic rings. The van der Waals surface area contributed by atoms with Gasteiger partial charge >= 0.3 is 0 Å². The number of non-ortho nitro benzene ring substituents is 1. The summed E-state index contributed by atoms with van der Waals surface area (Å²) in [5.41, 5.74) is 6.11. The first-order valence-electron chi connectivity index (χ1n) is 5.13. The van der Waals surface area contributed by atoms with Crippen LogP contribution in [-0.4, -0.2) is 17.4 Å². The van der Waals surface area contributed by atoms with Crippen LogP contribution in [0, 0.1) is 28.4 Å². The molecule has 0 saturated heterocycles. The summed E-state index contributed by atoms with van der Waals surface area (Å²) in [5, 5.41) is 17.8. The number of nitrogens with zero attached hydrogens (tertiary/aromatic N) is 1. The Labute approximate surface area is 99.0 Å². The molecule has 3 N–H and O–H groups in total. The van der Waals surface area contributed by atoms with Gasteiger partial charge in [0.05, 0.1) is 23.4 Å². The molecule has 0 aromatic heterocycles. The zero-order chi connectivity index (χ0) is 13.0. The normalized spacial score (nSPS) is 11.9. The number of hydrogen-bond acceptors (Lipinski definition) is 4. The lowest BCUT2D eigenvalue weighted by Gasteiger charge is -2.13. The molecule has 0 bridgehead atoms. The predicted molar refractivity (Wildman–Crippen MR) is 64.4 cm³/mol. The highest BCUT2D eigenvalue weighted by Gasteiger charge is 2.11. The lowest BCUT2D eigenvalue weighted by Crippen LogP contribution is -2.25. The summed E-state index contributed by atoms with van der Waals surface area (Å²) < 4.78 is 5.43. The fourth-order valence-corrected chi connectivity index (χ4v) is 1.16. The smallest absolute Gasteiger partial charge is 0.273 e. The fourth-order valence-electron chi connectivity index (χ4n) is 1.16. The highest BCUT2D eigenvalue weighted by Crippen LogP contribution is 2.24. The average molecular weight is 237 g/mol. The molecular formula is C11H15N3O3. The zero-order valence-corrected chi connectivity index (χ0v) is 9.77. The van der Waals surface area contributed by atoms with E-state index in [2.05, 4.69) is 0 Å². The molecule has 17 heavy (non-hydrogen) atoms. The van der Waals surface area contributed by atoms with Crippen LogP contribution >= 0.6 is 0 Å². The van der Waals surface area contributed by atoms with Crippen molar-refractivity contribution in [1.82, 2.24) is 0 Å². The molecule has 1 atom stereocenters. The molecule has 1 unspecified atom stereocenters. The molecule has 0 aliphatic heterocycles. The van der Waals surface area contributed by atoms with Crippen molar-refractivity contribution in [1.29, 1.82) is 5.41 Å². The lowest BCUT2D eigenvalue weighted by molar-refractivity contribution is -0.384. The zero-order valence-electron chi connectivity index (χ0n) is 9.77. The van der Waals surface area contributed by atoms with Crippen molar-refractivity contribution < 1.29 is 9.66 Å². The van der Waals surface area contributed by atoms with E-state index in [0.29, 0.717) is 5.75 Å². The van der Waals surface area contributed by atoms with Crippen LogP contribution in [0.4, 0.5) is 5.69 Å². The molecule has 0 saturated carbocycles. The highest BCUT2D eigenvalue weighted by atomic mass is 16.6. The van der Waals surface area contributed by atoms with Crippen molar-refractivity contribution in [2.75, 3.05) is 6.61 Å². The number of hydrogen-bond donors (Lipinski definition) is 2. The number of nitro groups is 1. The van der Waals surface area contributed by atoms with E-state index in [1.165, 1.54) is 12.1 Å². The third-order valence-electron chi connectivity index (χ3n) is 2.40. The second-order valence-corrected chi connectivity index (χ2v) is 3.87. The van der Waals surface area contributed by atoms with E-state index in [9.17, 15) is 10.1 Å². The van der Waals surface area contributed by atoms with E-state index < -0.39 is 4.92 Å². The summed E-state index contributed by atoms with van der Waals surface area (Å²) in [4.78, 5) is 10.1. The van der Waals surface area contributed by atoms with Crippen LogP contribution in [0.5, 0.6) is 5.75 Å². The van der Waals surface area contributed by atoms with Gasteiger partial charge in [0.1, 0.15) is 5.75 Å². The molecule has 0 aliphatic rings. The van der Waals surface area contributed by atoms with E-state index in [-0.39, 0.29) is 24.0 Å². The summed E-state index contributed by atoms with van der Waals surface area (Å²) in [7, 11) is 0. The molecule has 1 rings (SSSR count). The summed E-state index contributed by atoms with van der Waals surface area (Å²) in [6.07, 6.45) is 0. The maximum absolute atomic E-state index is 10.6. The molecule has 0 fully saturated rings. The Morgan fingerprint density at radius 2 is 2.29 bits per heavy atom. The van der Waals surface area contributed by atoms with Crippen LogP contribution in [0.2, 0.25) is 0 Å². The number of nitrogens with one attached hydrogen (secondary N) is 1. The van der Waals surface area contributed by atoms with Gasteiger partial charge in [-0.3, -0.25) is 15.5 Å². The monoisotopic (exact) mass is 237 g/mol. The van der Waals surface area contributed by atoms with Gasteiger partial charge < -0.3 is 10.5 Å². The van der Waals surface area contributed by atoms with Crippen molar-refractivity contribution in [2.45, 2.75) is 13.8 Å². The standard InChI is InChI=1S/C11H15N3O3/c1-7-3-4-9(14(15)16)5-10(7)17-6-8(2)11(12)13/h3-5,8H,6H2,1-2H3,(H3,12,13). The van der Waals surface area contributed by atoms with Crippen LogP contribution in [0.25, 0.3) is 0 Å². The third kappa shape index (κ3) is 3.44. The first-order valence-corrected chi connectivity index (χ1v) is 5.13. The van der Waals surface area contributed by atoms with Gasteiger partial charge in [0, 0.05) is 12.0 Å². The molecule has 0 radical (unpaired) electrons. The van der Waals surface area contributed by atoms with Crippen LogP contribution < -0.4 is 10.5 Å². The molecule has 1 aromatic carbocycles. The minimum Gasteiger partial charge on any atom is -0.492 e. The molecule has 0 aliphatic carbocycles. The second-order valence-electron chi connectivity index (χ2n) is 3.87. The van der Waals surface area contributed by atoms with Crippen LogP contribution in [0.15, 0.2) is 18.2 Å². The summed E-state index contributed by atoms with van der Waals surface area (Å²) >= 11 is 0. The Morgan fingerprint density at radius 1 is 1.65 bits per heavy atom. The van der Waals surface area contributed by atoms with Gasteiger partial charge in [0.25, 0.3) is 5.69 Å². The van der Waals surface area contributed by atoms with E-state index in [1.807, 2.05) is 0 Å². The molecule has 0 spiro atoms. The maximum Gasteiger partial charge on any atom is 0.273 e. The quantitative estimate of drug-likeness (QED) is 0.353. The minimum absolute atomic E-state index is 0.0129. The lowest BCUT2D eigenvalue weighted by atomic mass is 10.1. The molecule has 92 valence electrons. The van der Waals surface area contributed by atoms with Gasteiger partial charge in [-0.05, 0) is 18.6 Å². The Bertz CT molecular complexity index is 446. The summed E-state index contributed by atoms with van der Waals surface area (Å²) in [6.45, 7) is 3.80. The van der Waals surface area contributed by atoms with Gasteiger partial charge in [0.2, 0.25) is 0 Å².